The van der Waals surface area contributed by atoms with Gasteiger partial charge < -0.3 is 25.2 Å². The van der Waals surface area contributed by atoms with Gasteiger partial charge in [-0.25, -0.2) is 4.57 Å². The molecule has 0 aromatic rings. The van der Waals surface area contributed by atoms with E-state index in [1.165, 1.54) is 19.3 Å². The molecule has 0 aromatic carbocycles. The Bertz CT molecular complexity index is 1330. The molecule has 2 unspecified atom stereocenters. The molecule has 0 amide bonds. The minimum atomic E-state index is -4.75. The number of carbonyl (C=O) groups excluding carboxylic acids is 2. The second-order valence-corrected chi connectivity index (χ2v) is 13.5. The summed E-state index contributed by atoms with van der Waals surface area (Å²) in [5.74, 6) is -2.57. The molecule has 0 saturated carbocycles. The van der Waals surface area contributed by atoms with Crippen LogP contribution in [0.4, 0.5) is 0 Å². The van der Waals surface area contributed by atoms with E-state index in [-0.39, 0.29) is 12.8 Å². The highest BCUT2D eigenvalue weighted by Gasteiger charge is 2.28. The van der Waals surface area contributed by atoms with Crippen molar-refractivity contribution in [3.8, 4) is 0 Å². The van der Waals surface area contributed by atoms with Gasteiger partial charge >= 0.3 is 25.7 Å². The van der Waals surface area contributed by atoms with Gasteiger partial charge in [0.25, 0.3) is 0 Å². The number of ether oxygens (including phenoxy) is 2. The van der Waals surface area contributed by atoms with Crippen LogP contribution in [0.25, 0.3) is 0 Å². The van der Waals surface area contributed by atoms with Crippen LogP contribution in [0.15, 0.2) is 109 Å². The number of phosphoric ester groups is 1. The molecule has 0 aromatic heterocycles. The number of esters is 2. The van der Waals surface area contributed by atoms with Crippen molar-refractivity contribution in [3.05, 3.63) is 109 Å². The van der Waals surface area contributed by atoms with Gasteiger partial charge in [-0.05, 0) is 64.2 Å². The van der Waals surface area contributed by atoms with Gasteiger partial charge in [0.15, 0.2) is 6.10 Å². The lowest BCUT2D eigenvalue weighted by atomic mass is 10.2. The Morgan fingerprint density at radius 2 is 1.09 bits per heavy atom. The van der Waals surface area contributed by atoms with Crippen LogP contribution >= 0.6 is 7.82 Å². The topological polar surface area (TPSA) is 172 Å². The third kappa shape index (κ3) is 35.2. The fourth-order valence-corrected chi connectivity index (χ4v) is 4.92. The van der Waals surface area contributed by atoms with Crippen molar-refractivity contribution in [3.63, 3.8) is 0 Å². The quantitative estimate of drug-likeness (QED) is 0.0191. The van der Waals surface area contributed by atoms with Crippen molar-refractivity contribution in [2.75, 3.05) is 19.8 Å². The summed E-state index contributed by atoms with van der Waals surface area (Å²) in [6, 6.07) is -1.55. The number of allylic oxidation sites excluding steroid dienone is 18. The molecule has 0 fully saturated rings. The number of rotatable bonds is 33. The van der Waals surface area contributed by atoms with E-state index in [1.807, 2.05) is 66.8 Å². The molecule has 0 rings (SSSR count). The maximum absolute atomic E-state index is 12.5. The molecule has 0 heterocycles. The van der Waals surface area contributed by atoms with Crippen LogP contribution in [0.5, 0.6) is 0 Å². The Hall–Kier alpha value is -3.86. The first-order valence-corrected chi connectivity index (χ1v) is 20.5. The molecule has 0 aliphatic carbocycles. The van der Waals surface area contributed by atoms with Crippen LogP contribution < -0.4 is 5.73 Å². The molecule has 11 nitrogen and oxygen atoms in total. The Morgan fingerprint density at radius 3 is 1.65 bits per heavy atom. The van der Waals surface area contributed by atoms with Crippen LogP contribution in [-0.2, 0) is 37.5 Å². The van der Waals surface area contributed by atoms with E-state index >= 15 is 0 Å². The third-order valence-electron chi connectivity index (χ3n) is 7.13. The summed E-state index contributed by atoms with van der Waals surface area (Å²) in [6.45, 7) is 2.45. The molecule has 0 bridgehead atoms. The van der Waals surface area contributed by atoms with E-state index in [0.717, 1.165) is 32.1 Å². The third-order valence-corrected chi connectivity index (χ3v) is 8.08. The lowest BCUT2D eigenvalue weighted by Crippen LogP contribution is -2.34. The van der Waals surface area contributed by atoms with Gasteiger partial charge in [0.2, 0.25) is 0 Å². The van der Waals surface area contributed by atoms with E-state index in [0.29, 0.717) is 25.7 Å². The molecule has 4 N–H and O–H groups in total. The minimum absolute atomic E-state index is 0.0459. The van der Waals surface area contributed by atoms with Gasteiger partial charge in [0.05, 0.1) is 13.2 Å². The zero-order chi connectivity index (χ0) is 40.0. The number of unbranched alkanes of at least 4 members (excludes halogenated alkanes) is 5. The highest BCUT2D eigenvalue weighted by molar-refractivity contribution is 7.47. The van der Waals surface area contributed by atoms with Crippen LogP contribution in [-0.4, -0.2) is 59.9 Å². The fourth-order valence-electron chi connectivity index (χ4n) is 4.14. The lowest BCUT2D eigenvalue weighted by Gasteiger charge is -2.20. The molecule has 0 spiro atoms. The van der Waals surface area contributed by atoms with Crippen molar-refractivity contribution in [1.82, 2.24) is 0 Å². The Balaban J connectivity index is 4.67. The van der Waals surface area contributed by atoms with Crippen molar-refractivity contribution >= 4 is 25.7 Å². The Kier molecular flexibility index (Phi) is 33.6. The SMILES string of the molecule is CC/C=C/C=C/C=C/C=C/C=C/CCCC(=O)OC(COC(=O)CCC/C=C/C/C=C/C/C=C/C/C=C/CCCCC)COP(=O)(O)OC[C@H](N)C(=O)O. The largest absolute Gasteiger partial charge is 0.480 e. The van der Waals surface area contributed by atoms with Gasteiger partial charge in [0.1, 0.15) is 12.6 Å². The lowest BCUT2D eigenvalue weighted by molar-refractivity contribution is -0.161. The summed E-state index contributed by atoms with van der Waals surface area (Å²) in [5.41, 5.74) is 5.30. The van der Waals surface area contributed by atoms with Gasteiger partial charge in [-0.1, -0.05) is 136 Å². The zero-order valence-corrected chi connectivity index (χ0v) is 33.1. The number of carboxylic acid groups (broad SMARTS) is 1. The minimum Gasteiger partial charge on any atom is -0.480 e. The summed E-state index contributed by atoms with van der Waals surface area (Å²) in [6.07, 6.45) is 46.1. The number of hydrogen-bond donors (Lipinski definition) is 3. The van der Waals surface area contributed by atoms with Crippen molar-refractivity contribution in [1.29, 1.82) is 0 Å². The maximum Gasteiger partial charge on any atom is 0.472 e. The second kappa shape index (κ2) is 36.1. The van der Waals surface area contributed by atoms with E-state index < -0.39 is 57.7 Å². The number of phosphoric acid groups is 1. The number of hydrogen-bond acceptors (Lipinski definition) is 9. The first-order chi connectivity index (χ1) is 26.1. The Morgan fingerprint density at radius 1 is 0.611 bits per heavy atom. The zero-order valence-electron chi connectivity index (χ0n) is 32.3. The molecule has 0 aliphatic rings. The summed E-state index contributed by atoms with van der Waals surface area (Å²) in [4.78, 5) is 45.7. The van der Waals surface area contributed by atoms with E-state index in [2.05, 4.69) is 60.9 Å². The highest BCUT2D eigenvalue weighted by atomic mass is 31.2. The standard InChI is InChI=1S/C42H64NO10P/c1-3-5-7-9-11-13-15-17-18-19-20-22-23-25-27-29-31-33-40(44)50-35-38(36-51-54(48,49)52-37-39(43)42(46)47)53-41(45)34-32-30-28-26-24-21-16-14-12-10-8-6-4-2/h6,8,10-14,16-18,20-22,24-28,38-39H,3-5,7,9,15,19,23,29-37,43H2,1-2H3,(H,46,47)(H,48,49)/b8-6+,12-10+,13-11+,16-14+,18-17+,22-20+,24-21+,27-25+,28-26+/t38?,39-/m0/s1. The van der Waals surface area contributed by atoms with E-state index in [9.17, 15) is 23.8 Å². The van der Waals surface area contributed by atoms with Crippen molar-refractivity contribution in [2.24, 2.45) is 5.73 Å². The monoisotopic (exact) mass is 773 g/mol. The predicted molar refractivity (Wildman–Crippen MR) is 216 cm³/mol. The first kappa shape index (κ1) is 50.1. The van der Waals surface area contributed by atoms with Crippen LogP contribution in [0, 0.1) is 0 Å². The number of carbonyl (C=O) groups is 3. The van der Waals surface area contributed by atoms with E-state index in [1.54, 1.807) is 0 Å². The molecular formula is C42H64NO10P. The Labute approximate surface area is 323 Å². The van der Waals surface area contributed by atoms with E-state index in [4.69, 9.17) is 24.8 Å². The number of carboxylic acids is 1. The summed E-state index contributed by atoms with van der Waals surface area (Å²) in [5, 5.41) is 8.86. The first-order valence-electron chi connectivity index (χ1n) is 19.0. The molecule has 54 heavy (non-hydrogen) atoms. The average Bonchev–Trinajstić information content (AvgIpc) is 3.14. The molecule has 12 heteroatoms. The van der Waals surface area contributed by atoms with Gasteiger partial charge in [-0.15, -0.1) is 0 Å². The van der Waals surface area contributed by atoms with Crippen LogP contribution in [0.3, 0.4) is 0 Å². The molecular weight excluding hydrogens is 709 g/mol. The highest BCUT2D eigenvalue weighted by Crippen LogP contribution is 2.43. The molecule has 0 saturated heterocycles. The summed E-state index contributed by atoms with van der Waals surface area (Å²) in [7, 11) is -4.75. The normalized spacial score (nSPS) is 15.0. The fraction of sp³-hybridized carbons (Fsp3) is 0.500. The average molecular weight is 774 g/mol. The number of nitrogens with two attached hydrogens (primary N) is 1. The summed E-state index contributed by atoms with van der Waals surface area (Å²) < 4.78 is 32.4. The molecule has 302 valence electrons. The second-order valence-electron chi connectivity index (χ2n) is 12.1. The molecule has 0 aliphatic heterocycles. The van der Waals surface area contributed by atoms with Gasteiger partial charge in [-0.3, -0.25) is 23.4 Å². The predicted octanol–water partition coefficient (Wildman–Crippen LogP) is 9.49. The number of aliphatic carboxylic acids is 1. The van der Waals surface area contributed by atoms with Crippen LogP contribution in [0.1, 0.15) is 104 Å². The van der Waals surface area contributed by atoms with Crippen LogP contribution in [0.2, 0.25) is 0 Å². The summed E-state index contributed by atoms with van der Waals surface area (Å²) >= 11 is 0. The van der Waals surface area contributed by atoms with Gasteiger partial charge in [-0.2, -0.15) is 0 Å². The smallest absolute Gasteiger partial charge is 0.472 e. The molecule has 0 radical (unpaired) electrons. The van der Waals surface area contributed by atoms with Gasteiger partial charge in [0, 0.05) is 12.8 Å². The molecule has 3 atom stereocenters. The maximum atomic E-state index is 12.5. The van der Waals surface area contributed by atoms with Crippen molar-refractivity contribution in [2.45, 2.75) is 116 Å². The van der Waals surface area contributed by atoms with Crippen molar-refractivity contribution < 1.29 is 47.5 Å².